The SMILES string of the molecule is Fc1ccc2c(c1)C[C@H]1CSC(=Nc3cccnc3)N1C2. The topological polar surface area (TPSA) is 28.5 Å². The van der Waals surface area contributed by atoms with Gasteiger partial charge in [0.25, 0.3) is 0 Å². The van der Waals surface area contributed by atoms with Crippen LogP contribution in [0.15, 0.2) is 47.7 Å². The molecule has 0 bridgehead atoms. The lowest BCUT2D eigenvalue weighted by atomic mass is 9.95. The molecular formula is C16H14FN3S. The van der Waals surface area contributed by atoms with Gasteiger partial charge in [-0.3, -0.25) is 4.98 Å². The largest absolute Gasteiger partial charge is 0.343 e. The van der Waals surface area contributed by atoms with Gasteiger partial charge in [0, 0.05) is 24.5 Å². The van der Waals surface area contributed by atoms with E-state index in [1.165, 1.54) is 5.56 Å². The summed E-state index contributed by atoms with van der Waals surface area (Å²) in [5.41, 5.74) is 3.22. The van der Waals surface area contributed by atoms with Gasteiger partial charge < -0.3 is 4.90 Å². The molecule has 106 valence electrons. The third-order valence-corrected chi connectivity index (χ3v) is 5.06. The molecule has 4 rings (SSSR count). The van der Waals surface area contributed by atoms with E-state index in [0.29, 0.717) is 6.04 Å². The Hall–Kier alpha value is -1.88. The second-order valence-electron chi connectivity index (χ2n) is 5.32. The van der Waals surface area contributed by atoms with Crippen molar-refractivity contribution in [1.82, 2.24) is 9.88 Å². The molecule has 0 N–H and O–H groups in total. The Bertz CT molecular complexity index is 702. The van der Waals surface area contributed by atoms with E-state index in [9.17, 15) is 4.39 Å². The normalized spacial score (nSPS) is 22.2. The average molecular weight is 299 g/mol. The maximum absolute atomic E-state index is 13.4. The van der Waals surface area contributed by atoms with E-state index < -0.39 is 0 Å². The number of amidine groups is 1. The van der Waals surface area contributed by atoms with Gasteiger partial charge in [0.1, 0.15) is 5.82 Å². The van der Waals surface area contributed by atoms with Crippen LogP contribution in [-0.2, 0) is 13.0 Å². The number of hydrogen-bond acceptors (Lipinski definition) is 3. The molecule has 0 radical (unpaired) electrons. The maximum atomic E-state index is 13.4. The summed E-state index contributed by atoms with van der Waals surface area (Å²) < 4.78 is 13.4. The predicted octanol–water partition coefficient (Wildman–Crippen LogP) is 3.38. The monoisotopic (exact) mass is 299 g/mol. The van der Waals surface area contributed by atoms with Crippen LogP contribution in [0.3, 0.4) is 0 Å². The lowest BCUT2D eigenvalue weighted by Gasteiger charge is -2.32. The van der Waals surface area contributed by atoms with Crippen LogP contribution in [0.4, 0.5) is 10.1 Å². The van der Waals surface area contributed by atoms with Gasteiger partial charge in [-0.1, -0.05) is 17.8 Å². The Morgan fingerprint density at radius 2 is 2.24 bits per heavy atom. The van der Waals surface area contributed by atoms with Gasteiger partial charge >= 0.3 is 0 Å². The zero-order valence-corrected chi connectivity index (χ0v) is 12.2. The van der Waals surface area contributed by atoms with Crippen molar-refractivity contribution in [3.05, 3.63) is 59.7 Å². The lowest BCUT2D eigenvalue weighted by Crippen LogP contribution is -2.38. The van der Waals surface area contributed by atoms with Crippen molar-refractivity contribution in [3.63, 3.8) is 0 Å². The van der Waals surface area contributed by atoms with E-state index >= 15 is 0 Å². The fourth-order valence-electron chi connectivity index (χ4n) is 2.87. The van der Waals surface area contributed by atoms with Crippen LogP contribution in [0, 0.1) is 5.82 Å². The van der Waals surface area contributed by atoms with Crippen molar-refractivity contribution < 1.29 is 4.39 Å². The zero-order valence-electron chi connectivity index (χ0n) is 11.4. The fourth-order valence-corrected chi connectivity index (χ4v) is 4.06. The molecule has 1 aromatic carbocycles. The van der Waals surface area contributed by atoms with Crippen LogP contribution in [-0.4, -0.2) is 26.8 Å². The van der Waals surface area contributed by atoms with Crippen LogP contribution in [0.5, 0.6) is 0 Å². The molecule has 2 aliphatic heterocycles. The molecule has 3 heterocycles. The number of thioether (sulfide) groups is 1. The summed E-state index contributed by atoms with van der Waals surface area (Å²) in [7, 11) is 0. The molecule has 1 saturated heterocycles. The third-order valence-electron chi connectivity index (χ3n) is 3.93. The molecule has 1 aromatic heterocycles. The second-order valence-corrected chi connectivity index (χ2v) is 6.30. The Labute approximate surface area is 126 Å². The highest BCUT2D eigenvalue weighted by atomic mass is 32.2. The van der Waals surface area contributed by atoms with Gasteiger partial charge in [-0.2, -0.15) is 0 Å². The number of pyridine rings is 1. The van der Waals surface area contributed by atoms with Crippen LogP contribution in [0.25, 0.3) is 0 Å². The highest BCUT2D eigenvalue weighted by Gasteiger charge is 2.34. The smallest absolute Gasteiger partial charge is 0.165 e. The minimum Gasteiger partial charge on any atom is -0.343 e. The Morgan fingerprint density at radius 3 is 3.10 bits per heavy atom. The first-order valence-electron chi connectivity index (χ1n) is 6.95. The summed E-state index contributed by atoms with van der Waals surface area (Å²) in [5.74, 6) is 0.867. The van der Waals surface area contributed by atoms with Crippen molar-refractivity contribution in [1.29, 1.82) is 0 Å². The van der Waals surface area contributed by atoms with E-state index in [1.807, 2.05) is 18.2 Å². The Kier molecular flexibility index (Phi) is 3.15. The molecule has 0 saturated carbocycles. The van der Waals surface area contributed by atoms with Crippen LogP contribution in [0.2, 0.25) is 0 Å². The number of aromatic nitrogens is 1. The number of fused-ring (bicyclic) bond motifs is 2. The van der Waals surface area contributed by atoms with E-state index in [1.54, 1.807) is 36.3 Å². The Morgan fingerprint density at radius 1 is 1.29 bits per heavy atom. The van der Waals surface area contributed by atoms with Gasteiger partial charge in [-0.25, -0.2) is 9.38 Å². The number of nitrogens with zero attached hydrogens (tertiary/aromatic N) is 3. The van der Waals surface area contributed by atoms with Gasteiger partial charge in [0.15, 0.2) is 5.17 Å². The summed E-state index contributed by atoms with van der Waals surface area (Å²) in [6, 6.07) is 9.38. The highest BCUT2D eigenvalue weighted by Crippen LogP contribution is 2.34. The molecule has 3 nitrogen and oxygen atoms in total. The minimum atomic E-state index is -0.142. The molecule has 5 heteroatoms. The first-order valence-corrected chi connectivity index (χ1v) is 7.93. The zero-order chi connectivity index (χ0) is 14.2. The first kappa shape index (κ1) is 12.8. The molecule has 21 heavy (non-hydrogen) atoms. The molecule has 0 aliphatic carbocycles. The minimum absolute atomic E-state index is 0.142. The molecule has 1 fully saturated rings. The Balaban J connectivity index is 1.65. The quantitative estimate of drug-likeness (QED) is 0.808. The summed E-state index contributed by atoms with van der Waals surface area (Å²) in [6.07, 6.45) is 4.42. The first-order chi connectivity index (χ1) is 10.3. The van der Waals surface area contributed by atoms with Crippen LogP contribution >= 0.6 is 11.8 Å². The van der Waals surface area contributed by atoms with Crippen LogP contribution < -0.4 is 0 Å². The molecule has 0 spiro atoms. The van der Waals surface area contributed by atoms with Crippen molar-refractivity contribution >= 4 is 22.6 Å². The van der Waals surface area contributed by atoms with Gasteiger partial charge in [-0.05, 0) is 41.8 Å². The predicted molar refractivity (Wildman–Crippen MR) is 83.2 cm³/mol. The number of benzene rings is 1. The fraction of sp³-hybridized carbons (Fsp3) is 0.250. The maximum Gasteiger partial charge on any atom is 0.165 e. The van der Waals surface area contributed by atoms with E-state index in [2.05, 4.69) is 9.88 Å². The van der Waals surface area contributed by atoms with Crippen molar-refractivity contribution in [2.75, 3.05) is 5.75 Å². The van der Waals surface area contributed by atoms with Crippen molar-refractivity contribution in [2.24, 2.45) is 4.99 Å². The summed E-state index contributed by atoms with van der Waals surface area (Å²) in [5, 5.41) is 1.04. The number of hydrogen-bond donors (Lipinski definition) is 0. The number of halogens is 1. The summed E-state index contributed by atoms with van der Waals surface area (Å²) in [4.78, 5) is 11.1. The van der Waals surface area contributed by atoms with Gasteiger partial charge in [0.05, 0.1) is 11.9 Å². The average Bonchev–Trinajstić information content (AvgIpc) is 2.88. The molecular weight excluding hydrogens is 285 g/mol. The lowest BCUT2D eigenvalue weighted by molar-refractivity contribution is 0.319. The van der Waals surface area contributed by atoms with E-state index in [4.69, 9.17) is 4.99 Å². The summed E-state index contributed by atoms with van der Waals surface area (Å²) >= 11 is 1.77. The van der Waals surface area contributed by atoms with Gasteiger partial charge in [-0.15, -0.1) is 0 Å². The number of aliphatic imine (C=N–C) groups is 1. The van der Waals surface area contributed by atoms with Crippen LogP contribution in [0.1, 0.15) is 11.1 Å². The van der Waals surface area contributed by atoms with Crippen molar-refractivity contribution in [3.8, 4) is 0 Å². The van der Waals surface area contributed by atoms with E-state index in [0.717, 1.165) is 35.1 Å². The highest BCUT2D eigenvalue weighted by molar-refractivity contribution is 8.14. The molecule has 1 atom stereocenters. The molecule has 2 aromatic rings. The third kappa shape index (κ3) is 2.42. The standard InChI is InChI=1S/C16H14FN3S/c17-13-4-3-11-9-20-15(7-12(11)6-13)10-21-16(20)19-14-2-1-5-18-8-14/h1-6,8,15H,7,9-10H2/t15-/m0/s1. The van der Waals surface area contributed by atoms with Gasteiger partial charge in [0.2, 0.25) is 0 Å². The van der Waals surface area contributed by atoms with E-state index in [-0.39, 0.29) is 5.82 Å². The molecule has 0 amide bonds. The molecule has 2 aliphatic rings. The number of rotatable bonds is 1. The second kappa shape index (κ2) is 5.15. The van der Waals surface area contributed by atoms with Crippen molar-refractivity contribution in [2.45, 2.75) is 19.0 Å². The summed E-state index contributed by atoms with van der Waals surface area (Å²) in [6.45, 7) is 0.812. The molecule has 0 unspecified atom stereocenters.